The van der Waals surface area contributed by atoms with Crippen molar-refractivity contribution in [1.29, 1.82) is 0 Å². The van der Waals surface area contributed by atoms with Crippen molar-refractivity contribution in [1.82, 2.24) is 5.32 Å². The highest BCUT2D eigenvalue weighted by Gasteiger charge is 2.27. The van der Waals surface area contributed by atoms with E-state index in [1.165, 1.54) is 0 Å². The van der Waals surface area contributed by atoms with E-state index in [0.29, 0.717) is 46.1 Å². The molecule has 0 aromatic heterocycles. The Kier molecular flexibility index (Phi) is 7.39. The summed E-state index contributed by atoms with van der Waals surface area (Å²) in [4.78, 5) is 38.9. The van der Waals surface area contributed by atoms with Gasteiger partial charge in [0.25, 0.3) is 5.91 Å². The van der Waals surface area contributed by atoms with Crippen LogP contribution in [0.15, 0.2) is 24.3 Å². The first-order chi connectivity index (χ1) is 16.2. The molecule has 2 aliphatic carbocycles. The molecule has 0 aliphatic heterocycles. The first-order valence-electron chi connectivity index (χ1n) is 12.9. The van der Waals surface area contributed by atoms with Crippen LogP contribution in [0.1, 0.15) is 108 Å². The summed E-state index contributed by atoms with van der Waals surface area (Å²) in [5, 5.41) is 14.1. The number of carboxylic acid groups (broad SMARTS) is 1. The number of carboxylic acids is 1. The van der Waals surface area contributed by atoms with E-state index < -0.39 is 5.97 Å². The summed E-state index contributed by atoms with van der Waals surface area (Å²) < 4.78 is 0. The fourth-order valence-corrected chi connectivity index (χ4v) is 5.84. The van der Waals surface area contributed by atoms with E-state index >= 15 is 0 Å². The summed E-state index contributed by atoms with van der Waals surface area (Å²) in [7, 11) is 0. The van der Waals surface area contributed by atoms with E-state index in [1.54, 1.807) is 24.3 Å². The molecule has 2 N–H and O–H groups in total. The number of fused-ring (bicyclic) bond motifs is 1. The van der Waals surface area contributed by atoms with Gasteiger partial charge in [0.1, 0.15) is 0 Å². The lowest BCUT2D eigenvalue weighted by atomic mass is 9.79. The molecule has 2 aromatic rings. The topological polar surface area (TPSA) is 83.5 Å². The summed E-state index contributed by atoms with van der Waals surface area (Å²) in [6.45, 7) is 6.38. The largest absolute Gasteiger partial charge is 0.478 e. The minimum absolute atomic E-state index is 0.0223. The van der Waals surface area contributed by atoms with E-state index in [9.17, 15) is 19.5 Å². The van der Waals surface area contributed by atoms with Crippen LogP contribution in [0, 0.1) is 24.7 Å². The van der Waals surface area contributed by atoms with Crippen molar-refractivity contribution in [2.24, 2.45) is 17.8 Å². The molecular weight excluding hydrogens is 426 g/mol. The second-order valence-electron chi connectivity index (χ2n) is 10.8. The zero-order valence-corrected chi connectivity index (χ0v) is 20.7. The lowest BCUT2D eigenvalue weighted by Crippen LogP contribution is -2.37. The first kappa shape index (κ1) is 24.4. The van der Waals surface area contributed by atoms with Crippen LogP contribution in [-0.4, -0.2) is 28.8 Å². The third kappa shape index (κ3) is 5.18. The number of Topliss-reactive ketones (excluding diaryl/α,β-unsaturated/α-hetero) is 1. The average molecular weight is 464 g/mol. The van der Waals surface area contributed by atoms with Gasteiger partial charge in [-0.25, -0.2) is 4.79 Å². The van der Waals surface area contributed by atoms with E-state index in [1.807, 2.05) is 6.92 Å². The number of carbonyl (C=O) groups is 3. The van der Waals surface area contributed by atoms with Gasteiger partial charge in [0.15, 0.2) is 5.78 Å². The molecule has 2 aromatic carbocycles. The van der Waals surface area contributed by atoms with E-state index in [2.05, 4.69) is 19.2 Å². The number of nitrogens with one attached hydrogen (secondary N) is 1. The smallest absolute Gasteiger partial charge is 0.336 e. The third-order valence-corrected chi connectivity index (χ3v) is 8.11. The highest BCUT2D eigenvalue weighted by Crippen LogP contribution is 2.35. The summed E-state index contributed by atoms with van der Waals surface area (Å²) >= 11 is 0. The van der Waals surface area contributed by atoms with Crippen LogP contribution in [0.3, 0.4) is 0 Å². The number of aromatic carboxylic acids is 1. The number of rotatable bonds is 6. The Bertz CT molecular complexity index is 1090. The summed E-state index contributed by atoms with van der Waals surface area (Å²) in [5.41, 5.74) is 1.78. The molecule has 0 unspecified atom stereocenters. The maximum Gasteiger partial charge on any atom is 0.336 e. The van der Waals surface area contributed by atoms with Crippen LogP contribution in [0.4, 0.5) is 0 Å². The monoisotopic (exact) mass is 463 g/mol. The quantitative estimate of drug-likeness (QED) is 0.476. The van der Waals surface area contributed by atoms with E-state index in [4.69, 9.17) is 0 Å². The second-order valence-corrected chi connectivity index (χ2v) is 10.8. The van der Waals surface area contributed by atoms with Crippen LogP contribution >= 0.6 is 0 Å². The minimum atomic E-state index is -1.08. The van der Waals surface area contributed by atoms with Crippen LogP contribution in [0.5, 0.6) is 0 Å². The standard InChI is InChI=1S/C29H37NO4/c1-17-4-9-20(10-5-17)16-25(31)22-14-15-23(28(32)30-21-11-6-18(2)7-12-21)26-19(3)8-13-24(27(22)26)29(33)34/h8,13-15,17-18,20-21H,4-7,9-12,16H2,1-3H3,(H,30,32)(H,33,34). The van der Waals surface area contributed by atoms with Gasteiger partial charge < -0.3 is 10.4 Å². The van der Waals surface area contributed by atoms with Gasteiger partial charge in [-0.3, -0.25) is 9.59 Å². The third-order valence-electron chi connectivity index (χ3n) is 8.11. The molecule has 2 aliphatic rings. The lowest BCUT2D eigenvalue weighted by molar-refractivity contribution is 0.0698. The SMILES string of the molecule is Cc1ccc(C(=O)O)c2c(C(=O)CC3CCC(C)CC3)ccc(C(=O)NC3CCC(C)CC3)c12. The number of hydrogen-bond acceptors (Lipinski definition) is 3. The molecule has 182 valence electrons. The zero-order chi connectivity index (χ0) is 24.4. The van der Waals surface area contributed by atoms with Crippen LogP contribution in [-0.2, 0) is 0 Å². The Balaban J connectivity index is 1.70. The number of carbonyl (C=O) groups excluding carboxylic acids is 2. The Morgan fingerprint density at radius 1 is 0.794 bits per heavy atom. The highest BCUT2D eigenvalue weighted by atomic mass is 16.4. The van der Waals surface area contributed by atoms with Gasteiger partial charge in [0.2, 0.25) is 0 Å². The minimum Gasteiger partial charge on any atom is -0.478 e. The summed E-state index contributed by atoms with van der Waals surface area (Å²) in [5.74, 6) is 0.449. The molecule has 0 bridgehead atoms. The maximum absolute atomic E-state index is 13.4. The highest BCUT2D eigenvalue weighted by molar-refractivity contribution is 6.20. The number of amides is 1. The van der Waals surface area contributed by atoms with Crippen LogP contribution < -0.4 is 5.32 Å². The molecule has 0 saturated heterocycles. The van der Waals surface area contributed by atoms with E-state index in [0.717, 1.165) is 56.9 Å². The van der Waals surface area contributed by atoms with Crippen LogP contribution in [0.2, 0.25) is 0 Å². The van der Waals surface area contributed by atoms with Crippen LogP contribution in [0.25, 0.3) is 10.8 Å². The molecule has 34 heavy (non-hydrogen) atoms. The van der Waals surface area contributed by atoms with Crippen molar-refractivity contribution in [3.05, 3.63) is 46.5 Å². The zero-order valence-electron chi connectivity index (χ0n) is 20.7. The van der Waals surface area contributed by atoms with Crippen molar-refractivity contribution in [3.8, 4) is 0 Å². The molecule has 2 fully saturated rings. The predicted octanol–water partition coefficient (Wildman–Crippen LogP) is 6.55. The average Bonchev–Trinajstić information content (AvgIpc) is 2.81. The Morgan fingerprint density at radius 2 is 1.35 bits per heavy atom. The fourth-order valence-electron chi connectivity index (χ4n) is 5.84. The molecule has 0 atom stereocenters. The molecule has 5 heteroatoms. The molecule has 0 spiro atoms. The number of ketones is 1. The summed E-state index contributed by atoms with van der Waals surface area (Å²) in [6.07, 6.45) is 8.89. The van der Waals surface area contributed by atoms with Gasteiger partial charge in [-0.05, 0) is 92.4 Å². The number of benzene rings is 2. The molecule has 5 nitrogen and oxygen atoms in total. The Labute approximate surface area is 202 Å². The van der Waals surface area contributed by atoms with Gasteiger partial charge in [-0.2, -0.15) is 0 Å². The molecule has 4 rings (SSSR count). The van der Waals surface area contributed by atoms with Gasteiger partial charge in [0, 0.05) is 29.0 Å². The number of aryl methyl sites for hydroxylation is 1. The van der Waals surface area contributed by atoms with Gasteiger partial charge >= 0.3 is 5.97 Å². The van der Waals surface area contributed by atoms with Crippen molar-refractivity contribution < 1.29 is 19.5 Å². The van der Waals surface area contributed by atoms with Crippen molar-refractivity contribution in [3.63, 3.8) is 0 Å². The Hall–Kier alpha value is -2.69. The van der Waals surface area contributed by atoms with Crippen molar-refractivity contribution in [2.75, 3.05) is 0 Å². The number of hydrogen-bond donors (Lipinski definition) is 2. The van der Waals surface area contributed by atoms with E-state index in [-0.39, 0.29) is 23.3 Å². The Morgan fingerprint density at radius 3 is 1.97 bits per heavy atom. The maximum atomic E-state index is 13.4. The molecule has 0 radical (unpaired) electrons. The molecule has 2 saturated carbocycles. The van der Waals surface area contributed by atoms with Gasteiger partial charge in [-0.15, -0.1) is 0 Å². The molecular formula is C29H37NO4. The predicted molar refractivity (Wildman–Crippen MR) is 135 cm³/mol. The van der Waals surface area contributed by atoms with Gasteiger partial charge in [-0.1, -0.05) is 32.8 Å². The second kappa shape index (κ2) is 10.3. The van der Waals surface area contributed by atoms with Crippen molar-refractivity contribution >= 4 is 28.4 Å². The summed E-state index contributed by atoms with van der Waals surface area (Å²) in [6, 6.07) is 6.83. The molecule has 1 amide bonds. The van der Waals surface area contributed by atoms with Crippen molar-refractivity contribution in [2.45, 2.75) is 84.6 Å². The molecule has 0 heterocycles. The fraction of sp³-hybridized carbons (Fsp3) is 0.552. The first-order valence-corrected chi connectivity index (χ1v) is 12.9. The lowest BCUT2D eigenvalue weighted by Gasteiger charge is -2.27. The van der Waals surface area contributed by atoms with Gasteiger partial charge in [0.05, 0.1) is 5.56 Å². The normalized spacial score (nSPS) is 25.1.